The Morgan fingerprint density at radius 2 is 1.79 bits per heavy atom. The van der Waals surface area contributed by atoms with Crippen LogP contribution < -0.4 is 5.56 Å². The predicted molar refractivity (Wildman–Crippen MR) is 110 cm³/mol. The number of aliphatic hydroxyl groups is 1. The fourth-order valence-electron chi connectivity index (χ4n) is 3.99. The number of nitrogens with zero attached hydrogens (tertiary/aromatic N) is 3. The second-order valence-corrected chi connectivity index (χ2v) is 7.96. The zero-order chi connectivity index (χ0) is 20.5. The van der Waals surface area contributed by atoms with Crippen molar-refractivity contribution >= 4 is 11.6 Å². The summed E-state index contributed by atoms with van der Waals surface area (Å²) in [6.07, 6.45) is 0.764. The molecule has 4 rings (SSSR count). The number of hydrogen-bond acceptors (Lipinski definition) is 3. The predicted octanol–water partition coefficient (Wildman–Crippen LogP) is 3.08. The van der Waals surface area contributed by atoms with Crippen LogP contribution in [0.25, 0.3) is 0 Å². The molecule has 152 valence electrons. The van der Waals surface area contributed by atoms with Crippen molar-refractivity contribution in [1.29, 1.82) is 0 Å². The maximum absolute atomic E-state index is 13.6. The van der Waals surface area contributed by atoms with E-state index < -0.39 is 0 Å². The molecule has 3 aromatic rings. The topological polar surface area (TPSA) is 50.4 Å². The van der Waals surface area contributed by atoms with E-state index in [1.807, 2.05) is 36.0 Å². The highest BCUT2D eigenvalue weighted by Crippen LogP contribution is 2.21. The molecule has 2 heterocycles. The Morgan fingerprint density at radius 1 is 1.07 bits per heavy atom. The lowest BCUT2D eigenvalue weighted by molar-refractivity contribution is 0.242. The van der Waals surface area contributed by atoms with Crippen LogP contribution in [0, 0.1) is 5.82 Å². The fraction of sp³-hybridized carbons (Fsp3) is 0.318. The monoisotopic (exact) mass is 415 g/mol. The van der Waals surface area contributed by atoms with Crippen molar-refractivity contribution in [2.75, 3.05) is 6.54 Å². The first kappa shape index (κ1) is 19.9. The van der Waals surface area contributed by atoms with E-state index in [2.05, 4.69) is 4.90 Å². The number of aromatic nitrogens is 2. The van der Waals surface area contributed by atoms with Crippen LogP contribution in [0.3, 0.4) is 0 Å². The van der Waals surface area contributed by atoms with Gasteiger partial charge >= 0.3 is 0 Å². The van der Waals surface area contributed by atoms with Gasteiger partial charge in [-0.2, -0.15) is 0 Å². The maximum Gasteiger partial charge on any atom is 0.271 e. The average Bonchev–Trinajstić information content (AvgIpc) is 2.92. The first-order valence-corrected chi connectivity index (χ1v) is 9.96. The number of halogens is 2. The molecule has 1 aliphatic rings. The molecule has 0 unspecified atom stereocenters. The minimum absolute atomic E-state index is 0.00500. The second-order valence-electron chi connectivity index (χ2n) is 7.52. The molecule has 1 N–H and O–H groups in total. The number of benzene rings is 2. The van der Waals surface area contributed by atoms with Crippen LogP contribution in [-0.4, -0.2) is 25.9 Å². The van der Waals surface area contributed by atoms with Gasteiger partial charge in [-0.25, -0.2) is 9.07 Å². The molecule has 0 atom stereocenters. The summed E-state index contributed by atoms with van der Waals surface area (Å²) in [5.74, 6) is -0.348. The Labute approximate surface area is 173 Å². The Morgan fingerprint density at radius 3 is 2.48 bits per heavy atom. The van der Waals surface area contributed by atoms with Gasteiger partial charge in [0.1, 0.15) is 5.82 Å². The molecule has 7 heteroatoms. The lowest BCUT2D eigenvalue weighted by Crippen LogP contribution is -2.32. The molecular formula is C22H23ClFN3O2. The van der Waals surface area contributed by atoms with Crippen molar-refractivity contribution in [1.82, 2.24) is 14.3 Å². The molecule has 0 spiro atoms. The Hall–Kier alpha value is -2.41. The van der Waals surface area contributed by atoms with E-state index >= 15 is 0 Å². The van der Waals surface area contributed by atoms with Gasteiger partial charge < -0.3 is 5.11 Å². The number of hydrogen-bond donors (Lipinski definition) is 1. The summed E-state index contributed by atoms with van der Waals surface area (Å²) in [4.78, 5) is 15.2. The fourth-order valence-corrected chi connectivity index (χ4v) is 4.24. The van der Waals surface area contributed by atoms with Gasteiger partial charge in [0.2, 0.25) is 0 Å². The third-order valence-electron chi connectivity index (χ3n) is 5.51. The molecule has 5 nitrogen and oxygen atoms in total. The zero-order valence-electron chi connectivity index (χ0n) is 16.2. The van der Waals surface area contributed by atoms with Gasteiger partial charge in [0, 0.05) is 43.8 Å². The normalized spacial score (nSPS) is 14.2. The van der Waals surface area contributed by atoms with Crippen molar-refractivity contribution in [3.05, 3.63) is 91.6 Å². The first-order valence-electron chi connectivity index (χ1n) is 9.58. The van der Waals surface area contributed by atoms with Crippen LogP contribution in [-0.2, 0) is 39.7 Å². The molecule has 1 aliphatic heterocycles. The van der Waals surface area contributed by atoms with Gasteiger partial charge in [0.25, 0.3) is 5.56 Å². The van der Waals surface area contributed by atoms with Crippen molar-refractivity contribution in [3.63, 3.8) is 0 Å². The van der Waals surface area contributed by atoms with E-state index in [0.717, 1.165) is 40.9 Å². The van der Waals surface area contributed by atoms with Crippen molar-refractivity contribution in [2.24, 2.45) is 7.05 Å². The van der Waals surface area contributed by atoms with E-state index in [1.54, 1.807) is 10.7 Å². The van der Waals surface area contributed by atoms with E-state index in [-0.39, 0.29) is 18.0 Å². The highest BCUT2D eigenvalue weighted by Gasteiger charge is 2.25. The highest BCUT2D eigenvalue weighted by molar-refractivity contribution is 6.30. The molecule has 2 aromatic carbocycles. The summed E-state index contributed by atoms with van der Waals surface area (Å²) < 4.78 is 17.3. The van der Waals surface area contributed by atoms with E-state index in [1.165, 1.54) is 12.1 Å². The van der Waals surface area contributed by atoms with Crippen LogP contribution >= 0.6 is 11.6 Å². The molecule has 0 fully saturated rings. The number of aliphatic hydroxyl groups excluding tert-OH is 1. The summed E-state index contributed by atoms with van der Waals surface area (Å²) in [5.41, 5.74) is 4.52. The van der Waals surface area contributed by atoms with Crippen LogP contribution in [0.5, 0.6) is 0 Å². The first-order chi connectivity index (χ1) is 13.9. The van der Waals surface area contributed by atoms with Crippen LogP contribution in [0.1, 0.15) is 27.9 Å². The van der Waals surface area contributed by atoms with Gasteiger partial charge in [-0.15, -0.1) is 0 Å². The van der Waals surface area contributed by atoms with E-state index in [9.17, 15) is 14.3 Å². The molecule has 0 amide bonds. The van der Waals surface area contributed by atoms with Crippen molar-refractivity contribution in [3.8, 4) is 0 Å². The summed E-state index contributed by atoms with van der Waals surface area (Å²) in [6, 6.07) is 12.2. The molecule has 0 aliphatic carbocycles. The van der Waals surface area contributed by atoms with Crippen molar-refractivity contribution in [2.45, 2.75) is 32.7 Å². The van der Waals surface area contributed by atoms with Gasteiger partial charge in [0.05, 0.1) is 18.7 Å². The number of fused-ring (bicyclic) bond motifs is 1. The highest BCUT2D eigenvalue weighted by atomic mass is 35.5. The third kappa shape index (κ3) is 4.15. The number of rotatable bonds is 5. The van der Waals surface area contributed by atoms with E-state index in [4.69, 9.17) is 11.6 Å². The standard InChI is InChI=1S/C22H23ClFN3O2/c1-25-21-6-7-26(11-17-8-18(23)10-19(24)9-17)13-20(21)22(29)27(25)12-15-2-4-16(14-28)5-3-15/h2-5,8-10,28H,6-7,11-14H2,1H3. The SMILES string of the molecule is Cn1c2c(c(=O)n1Cc1ccc(CO)cc1)CN(Cc1cc(F)cc(Cl)c1)CC2. The second kappa shape index (κ2) is 8.14. The molecule has 0 radical (unpaired) electrons. The maximum atomic E-state index is 13.6. The molecule has 0 saturated heterocycles. The van der Waals surface area contributed by atoms with Gasteiger partial charge in [0.15, 0.2) is 0 Å². The minimum Gasteiger partial charge on any atom is -0.392 e. The Kier molecular flexibility index (Phi) is 5.58. The lowest BCUT2D eigenvalue weighted by Gasteiger charge is -2.26. The van der Waals surface area contributed by atoms with Gasteiger partial charge in [-0.1, -0.05) is 35.9 Å². The van der Waals surface area contributed by atoms with Crippen molar-refractivity contribution < 1.29 is 9.50 Å². The van der Waals surface area contributed by atoms with Crippen LogP contribution in [0.2, 0.25) is 5.02 Å². The Bertz CT molecular complexity index is 1070. The summed E-state index contributed by atoms with van der Waals surface area (Å²) in [5, 5.41) is 9.57. The Balaban J connectivity index is 1.55. The minimum atomic E-state index is -0.348. The lowest BCUT2D eigenvalue weighted by atomic mass is 10.1. The average molecular weight is 416 g/mol. The van der Waals surface area contributed by atoms with Gasteiger partial charge in [-0.05, 0) is 34.9 Å². The summed E-state index contributed by atoms with van der Waals surface area (Å²) in [7, 11) is 1.92. The third-order valence-corrected chi connectivity index (χ3v) is 5.72. The molecular weight excluding hydrogens is 393 g/mol. The van der Waals surface area contributed by atoms with Crippen LogP contribution in [0.15, 0.2) is 47.3 Å². The molecule has 1 aromatic heterocycles. The quantitative estimate of drug-likeness (QED) is 0.696. The van der Waals surface area contributed by atoms with E-state index in [0.29, 0.717) is 24.7 Å². The summed E-state index contributed by atoms with van der Waals surface area (Å²) >= 11 is 5.97. The molecule has 0 bridgehead atoms. The van der Waals surface area contributed by atoms with Gasteiger partial charge in [-0.3, -0.25) is 14.4 Å². The largest absolute Gasteiger partial charge is 0.392 e. The summed E-state index contributed by atoms with van der Waals surface area (Å²) in [6.45, 7) is 2.36. The zero-order valence-corrected chi connectivity index (χ0v) is 17.0. The van der Waals surface area contributed by atoms with Crippen LogP contribution in [0.4, 0.5) is 4.39 Å². The molecule has 0 saturated carbocycles. The smallest absolute Gasteiger partial charge is 0.271 e. The molecule has 29 heavy (non-hydrogen) atoms.